The Labute approximate surface area is 161 Å². The van der Waals surface area contributed by atoms with Crippen molar-refractivity contribution in [1.82, 2.24) is 0 Å². The molecule has 0 bridgehead atoms. The van der Waals surface area contributed by atoms with Crippen LogP contribution in [-0.4, -0.2) is 25.3 Å². The van der Waals surface area contributed by atoms with Gasteiger partial charge in [0.1, 0.15) is 23.9 Å². The summed E-state index contributed by atoms with van der Waals surface area (Å²) in [5.41, 5.74) is 0.224. The molecule has 0 saturated carbocycles. The first-order valence-corrected chi connectivity index (χ1v) is 8.60. The van der Waals surface area contributed by atoms with Crippen LogP contribution in [0.1, 0.15) is 29.6 Å². The van der Waals surface area contributed by atoms with Crippen LogP contribution < -0.4 is 5.43 Å². The van der Waals surface area contributed by atoms with E-state index in [-0.39, 0.29) is 24.5 Å². The molecule has 0 spiro atoms. The normalized spacial score (nSPS) is 11.9. The summed E-state index contributed by atoms with van der Waals surface area (Å²) in [6.07, 6.45) is -0.175. The Morgan fingerprint density at radius 3 is 2.54 bits per heavy atom. The Balaban J connectivity index is 2.07. The first kappa shape index (κ1) is 19.4. The van der Waals surface area contributed by atoms with Gasteiger partial charge in [-0.05, 0) is 12.1 Å². The SMILES string of the molecule is COCc1cc(=O)c(O)c([C@H](CC(=O)OC)c2ccc(-c3ccccc3)o2)o1. The Morgan fingerprint density at radius 2 is 1.86 bits per heavy atom. The summed E-state index contributed by atoms with van der Waals surface area (Å²) in [5.74, 6) is -0.857. The molecular formula is C21H20O7. The van der Waals surface area contributed by atoms with Crippen molar-refractivity contribution in [3.63, 3.8) is 0 Å². The van der Waals surface area contributed by atoms with Crippen LogP contribution in [-0.2, 0) is 20.9 Å². The quantitative estimate of drug-likeness (QED) is 0.623. The number of aromatic hydroxyl groups is 1. The second-order valence-corrected chi connectivity index (χ2v) is 6.12. The van der Waals surface area contributed by atoms with Gasteiger partial charge in [0.05, 0.1) is 19.4 Å². The molecule has 0 aliphatic carbocycles. The minimum absolute atomic E-state index is 0.0425. The topological polar surface area (TPSA) is 99.1 Å². The third-order valence-corrected chi connectivity index (χ3v) is 4.23. The van der Waals surface area contributed by atoms with Gasteiger partial charge < -0.3 is 23.4 Å². The molecule has 7 heteroatoms. The monoisotopic (exact) mass is 384 g/mol. The number of ether oxygens (including phenoxy) is 2. The number of furan rings is 1. The van der Waals surface area contributed by atoms with Gasteiger partial charge in [-0.2, -0.15) is 0 Å². The molecule has 28 heavy (non-hydrogen) atoms. The van der Waals surface area contributed by atoms with Gasteiger partial charge in [-0.3, -0.25) is 9.59 Å². The van der Waals surface area contributed by atoms with E-state index < -0.39 is 23.1 Å². The number of benzene rings is 1. The van der Waals surface area contributed by atoms with Crippen LogP contribution in [0.4, 0.5) is 0 Å². The van der Waals surface area contributed by atoms with Crippen LogP contribution in [0.25, 0.3) is 11.3 Å². The lowest BCUT2D eigenvalue weighted by Gasteiger charge is -2.15. The fourth-order valence-electron chi connectivity index (χ4n) is 2.87. The van der Waals surface area contributed by atoms with Crippen LogP contribution in [0.15, 0.2) is 62.2 Å². The summed E-state index contributed by atoms with van der Waals surface area (Å²) in [6, 6.07) is 14.0. The molecule has 0 unspecified atom stereocenters. The smallest absolute Gasteiger partial charge is 0.306 e. The van der Waals surface area contributed by atoms with Gasteiger partial charge in [0.2, 0.25) is 11.2 Å². The molecule has 1 N–H and O–H groups in total. The summed E-state index contributed by atoms with van der Waals surface area (Å²) < 4.78 is 21.3. The van der Waals surface area contributed by atoms with E-state index >= 15 is 0 Å². The number of hydrogen-bond acceptors (Lipinski definition) is 7. The minimum Gasteiger partial charge on any atom is -0.502 e. The van der Waals surface area contributed by atoms with E-state index in [0.29, 0.717) is 11.5 Å². The van der Waals surface area contributed by atoms with Crippen molar-refractivity contribution in [1.29, 1.82) is 0 Å². The van der Waals surface area contributed by atoms with E-state index in [1.165, 1.54) is 14.2 Å². The molecule has 1 aromatic carbocycles. The zero-order chi connectivity index (χ0) is 20.1. The molecular weight excluding hydrogens is 364 g/mol. The highest BCUT2D eigenvalue weighted by Gasteiger charge is 2.29. The lowest BCUT2D eigenvalue weighted by molar-refractivity contribution is -0.141. The minimum atomic E-state index is -0.839. The van der Waals surface area contributed by atoms with Crippen LogP contribution in [0.5, 0.6) is 5.75 Å². The average molecular weight is 384 g/mol. The van der Waals surface area contributed by atoms with Crippen LogP contribution in [0, 0.1) is 0 Å². The van der Waals surface area contributed by atoms with Crippen molar-refractivity contribution in [3.8, 4) is 17.1 Å². The summed E-state index contributed by atoms with van der Waals surface area (Å²) >= 11 is 0. The molecule has 0 aliphatic heterocycles. The first-order valence-electron chi connectivity index (χ1n) is 8.60. The van der Waals surface area contributed by atoms with Crippen LogP contribution in [0.2, 0.25) is 0 Å². The molecule has 3 rings (SSSR count). The van der Waals surface area contributed by atoms with Crippen LogP contribution >= 0.6 is 0 Å². The molecule has 1 atom stereocenters. The largest absolute Gasteiger partial charge is 0.502 e. The zero-order valence-corrected chi connectivity index (χ0v) is 15.5. The molecule has 0 fully saturated rings. The molecule has 2 heterocycles. The predicted octanol–water partition coefficient (Wildman–Crippen LogP) is 3.45. The Hall–Kier alpha value is -3.32. The van der Waals surface area contributed by atoms with Crippen molar-refractivity contribution < 1.29 is 28.2 Å². The zero-order valence-electron chi connectivity index (χ0n) is 15.5. The average Bonchev–Trinajstić information content (AvgIpc) is 3.19. The number of carbonyl (C=O) groups is 1. The molecule has 3 aromatic rings. The lowest BCUT2D eigenvalue weighted by atomic mass is 9.98. The summed E-state index contributed by atoms with van der Waals surface area (Å²) in [5, 5.41) is 10.3. The van der Waals surface area contributed by atoms with E-state index in [1.54, 1.807) is 12.1 Å². The Bertz CT molecular complexity index is 1000. The van der Waals surface area contributed by atoms with E-state index in [9.17, 15) is 14.7 Å². The van der Waals surface area contributed by atoms with Crippen molar-refractivity contribution in [2.24, 2.45) is 0 Å². The van der Waals surface area contributed by atoms with Gasteiger partial charge in [0, 0.05) is 18.7 Å². The van der Waals surface area contributed by atoms with E-state index in [2.05, 4.69) is 0 Å². The predicted molar refractivity (Wildman–Crippen MR) is 100.0 cm³/mol. The van der Waals surface area contributed by atoms with Gasteiger partial charge in [-0.1, -0.05) is 30.3 Å². The third kappa shape index (κ3) is 4.15. The maximum Gasteiger partial charge on any atom is 0.306 e. The summed E-state index contributed by atoms with van der Waals surface area (Å²) in [7, 11) is 2.71. The first-order chi connectivity index (χ1) is 13.5. The molecule has 0 amide bonds. The third-order valence-electron chi connectivity index (χ3n) is 4.23. The molecule has 0 radical (unpaired) electrons. The van der Waals surface area contributed by atoms with Gasteiger partial charge in [0.25, 0.3) is 0 Å². The molecule has 0 saturated heterocycles. The van der Waals surface area contributed by atoms with Gasteiger partial charge in [-0.25, -0.2) is 0 Å². The van der Waals surface area contributed by atoms with Crippen molar-refractivity contribution in [3.05, 3.63) is 76.0 Å². The van der Waals surface area contributed by atoms with Crippen LogP contribution in [0.3, 0.4) is 0 Å². The summed E-state index contributed by atoms with van der Waals surface area (Å²) in [4.78, 5) is 24.1. The Morgan fingerprint density at radius 1 is 1.11 bits per heavy atom. The standard InChI is InChI=1S/C21H20O7/c1-25-12-14-10-16(22)20(24)21(27-14)15(11-19(23)26-2)18-9-8-17(28-18)13-6-4-3-5-7-13/h3-10,15,24H,11-12H2,1-2H3/t15-/m1/s1. The second kappa shape index (κ2) is 8.58. The maximum atomic E-state index is 12.1. The number of hydrogen-bond donors (Lipinski definition) is 1. The highest BCUT2D eigenvalue weighted by Crippen LogP contribution is 2.36. The molecule has 7 nitrogen and oxygen atoms in total. The lowest BCUT2D eigenvalue weighted by Crippen LogP contribution is -2.13. The van der Waals surface area contributed by atoms with Crippen molar-refractivity contribution >= 4 is 5.97 Å². The number of methoxy groups -OCH3 is 2. The van der Waals surface area contributed by atoms with Gasteiger partial charge in [0.15, 0.2) is 5.76 Å². The number of carbonyl (C=O) groups excluding carboxylic acids is 1. The molecule has 146 valence electrons. The number of esters is 1. The van der Waals surface area contributed by atoms with Crippen molar-refractivity contribution in [2.75, 3.05) is 14.2 Å². The second-order valence-electron chi connectivity index (χ2n) is 6.12. The van der Waals surface area contributed by atoms with E-state index in [4.69, 9.17) is 18.3 Å². The van der Waals surface area contributed by atoms with E-state index in [1.807, 2.05) is 30.3 Å². The fourth-order valence-corrected chi connectivity index (χ4v) is 2.87. The molecule has 2 aromatic heterocycles. The fraction of sp³-hybridized carbons (Fsp3) is 0.238. The number of rotatable bonds is 7. The van der Waals surface area contributed by atoms with Gasteiger partial charge in [-0.15, -0.1) is 0 Å². The van der Waals surface area contributed by atoms with Crippen molar-refractivity contribution in [2.45, 2.75) is 18.9 Å². The Kier molecular flexibility index (Phi) is 5.96. The highest BCUT2D eigenvalue weighted by atomic mass is 16.5. The van der Waals surface area contributed by atoms with E-state index in [0.717, 1.165) is 11.6 Å². The van der Waals surface area contributed by atoms with Gasteiger partial charge >= 0.3 is 5.97 Å². The summed E-state index contributed by atoms with van der Waals surface area (Å²) in [6.45, 7) is 0.0425. The maximum absolute atomic E-state index is 12.1. The highest BCUT2D eigenvalue weighted by molar-refractivity contribution is 5.71. The molecule has 0 aliphatic rings.